The fourth-order valence-electron chi connectivity index (χ4n) is 4.14. The number of hydrogen-bond donors (Lipinski definition) is 0. The number of rotatable bonds is 6. The van der Waals surface area contributed by atoms with Crippen LogP contribution in [0.1, 0.15) is 37.7 Å². The molecule has 2 aliphatic rings. The van der Waals surface area contributed by atoms with Crippen molar-refractivity contribution < 1.29 is 9.53 Å². The van der Waals surface area contributed by atoms with E-state index in [0.717, 1.165) is 32.5 Å². The van der Waals surface area contributed by atoms with E-state index < -0.39 is 0 Å². The molecule has 126 valence electrons. The summed E-state index contributed by atoms with van der Waals surface area (Å²) in [4.78, 5) is 17.2. The lowest BCUT2D eigenvalue weighted by Gasteiger charge is -2.35. The van der Waals surface area contributed by atoms with Gasteiger partial charge in [-0.25, -0.2) is 0 Å². The zero-order valence-corrected chi connectivity index (χ0v) is 14.1. The zero-order valence-electron chi connectivity index (χ0n) is 14.1. The summed E-state index contributed by atoms with van der Waals surface area (Å²) in [5, 5.41) is 0. The predicted octanol–water partition coefficient (Wildman–Crippen LogP) is 2.68. The van der Waals surface area contributed by atoms with Gasteiger partial charge in [0, 0.05) is 32.3 Å². The van der Waals surface area contributed by atoms with Crippen LogP contribution in [-0.4, -0.2) is 54.6 Å². The maximum Gasteiger partial charge on any atom is 0.225 e. The van der Waals surface area contributed by atoms with Gasteiger partial charge in [-0.15, -0.1) is 0 Å². The molecule has 2 saturated heterocycles. The van der Waals surface area contributed by atoms with E-state index in [1.165, 1.54) is 18.4 Å². The first kappa shape index (κ1) is 16.5. The standard InChI is InChI=1S/C19H28N2O2/c1-23-14-11-19(22)21-13-6-10-18(21)17-9-5-12-20(17)15-16-7-3-2-4-8-16/h2-4,7-8,17-18H,5-6,9-15H2,1H3. The number of carbonyl (C=O) groups excluding carboxylic acids is 1. The molecule has 0 aliphatic carbocycles. The Hall–Kier alpha value is -1.39. The summed E-state index contributed by atoms with van der Waals surface area (Å²) in [6.45, 7) is 3.60. The van der Waals surface area contributed by atoms with E-state index in [4.69, 9.17) is 4.74 Å². The summed E-state index contributed by atoms with van der Waals surface area (Å²) in [5.41, 5.74) is 1.37. The van der Waals surface area contributed by atoms with E-state index in [2.05, 4.69) is 40.1 Å². The highest BCUT2D eigenvalue weighted by molar-refractivity contribution is 5.77. The number of amides is 1. The Labute approximate surface area is 139 Å². The second-order valence-electron chi connectivity index (χ2n) is 6.71. The molecular weight excluding hydrogens is 288 g/mol. The highest BCUT2D eigenvalue weighted by Crippen LogP contribution is 2.31. The average Bonchev–Trinajstić information content (AvgIpc) is 3.22. The summed E-state index contributed by atoms with van der Waals surface area (Å²) in [5.74, 6) is 0.265. The van der Waals surface area contributed by atoms with Crippen molar-refractivity contribution in [3.05, 3.63) is 35.9 Å². The van der Waals surface area contributed by atoms with Crippen LogP contribution in [0.4, 0.5) is 0 Å². The summed E-state index contributed by atoms with van der Waals surface area (Å²) in [6, 6.07) is 11.6. The highest BCUT2D eigenvalue weighted by atomic mass is 16.5. The molecule has 0 saturated carbocycles. The van der Waals surface area contributed by atoms with E-state index in [1.54, 1.807) is 7.11 Å². The van der Waals surface area contributed by atoms with Crippen molar-refractivity contribution in [2.24, 2.45) is 0 Å². The van der Waals surface area contributed by atoms with Crippen LogP contribution in [0.2, 0.25) is 0 Å². The molecule has 23 heavy (non-hydrogen) atoms. The van der Waals surface area contributed by atoms with Gasteiger partial charge in [-0.1, -0.05) is 30.3 Å². The van der Waals surface area contributed by atoms with Crippen LogP contribution < -0.4 is 0 Å². The molecule has 1 aromatic rings. The van der Waals surface area contributed by atoms with Gasteiger partial charge in [0.05, 0.1) is 13.0 Å². The molecule has 4 nitrogen and oxygen atoms in total. The molecule has 3 rings (SSSR count). The Balaban J connectivity index is 1.65. The first-order valence-corrected chi connectivity index (χ1v) is 8.86. The number of nitrogens with zero attached hydrogens (tertiary/aromatic N) is 2. The molecule has 0 spiro atoms. The Morgan fingerprint density at radius 1 is 1.13 bits per heavy atom. The number of ether oxygens (including phenoxy) is 1. The van der Waals surface area contributed by atoms with Crippen molar-refractivity contribution in [2.45, 2.75) is 50.7 Å². The van der Waals surface area contributed by atoms with Crippen LogP contribution in [0.15, 0.2) is 30.3 Å². The van der Waals surface area contributed by atoms with Gasteiger partial charge in [0.25, 0.3) is 0 Å². The minimum atomic E-state index is 0.265. The van der Waals surface area contributed by atoms with Gasteiger partial charge in [0.1, 0.15) is 0 Å². The molecule has 0 aromatic heterocycles. The van der Waals surface area contributed by atoms with Gasteiger partial charge in [0.15, 0.2) is 0 Å². The van der Waals surface area contributed by atoms with Crippen LogP contribution in [-0.2, 0) is 16.1 Å². The number of carbonyl (C=O) groups is 1. The molecule has 2 fully saturated rings. The lowest BCUT2D eigenvalue weighted by molar-refractivity contribution is -0.134. The van der Waals surface area contributed by atoms with Gasteiger partial charge < -0.3 is 9.64 Å². The third-order valence-electron chi connectivity index (χ3n) is 5.23. The molecule has 1 aromatic carbocycles. The second-order valence-corrected chi connectivity index (χ2v) is 6.71. The van der Waals surface area contributed by atoms with E-state index in [0.29, 0.717) is 25.1 Å². The lowest BCUT2D eigenvalue weighted by Crippen LogP contribution is -2.48. The number of hydrogen-bond acceptors (Lipinski definition) is 3. The Kier molecular flexibility index (Phi) is 5.68. The van der Waals surface area contributed by atoms with Crippen LogP contribution in [0.25, 0.3) is 0 Å². The zero-order chi connectivity index (χ0) is 16.1. The summed E-state index contributed by atoms with van der Waals surface area (Å²) >= 11 is 0. The fraction of sp³-hybridized carbons (Fsp3) is 0.632. The summed E-state index contributed by atoms with van der Waals surface area (Å²) < 4.78 is 5.07. The van der Waals surface area contributed by atoms with Crippen molar-refractivity contribution in [3.63, 3.8) is 0 Å². The molecule has 2 unspecified atom stereocenters. The molecule has 2 atom stereocenters. The minimum absolute atomic E-state index is 0.265. The Morgan fingerprint density at radius 2 is 1.87 bits per heavy atom. The molecule has 2 aliphatic heterocycles. The molecule has 0 N–H and O–H groups in total. The van der Waals surface area contributed by atoms with Crippen molar-refractivity contribution >= 4 is 5.91 Å². The Bertz CT molecular complexity index is 505. The molecule has 4 heteroatoms. The monoisotopic (exact) mass is 316 g/mol. The van der Waals surface area contributed by atoms with Crippen LogP contribution in [0, 0.1) is 0 Å². The van der Waals surface area contributed by atoms with E-state index in [9.17, 15) is 4.79 Å². The molecule has 1 amide bonds. The predicted molar refractivity (Wildman–Crippen MR) is 91.1 cm³/mol. The third kappa shape index (κ3) is 3.93. The second kappa shape index (κ2) is 7.93. The van der Waals surface area contributed by atoms with E-state index >= 15 is 0 Å². The maximum atomic E-state index is 12.5. The van der Waals surface area contributed by atoms with E-state index in [-0.39, 0.29) is 5.91 Å². The SMILES string of the molecule is COCCC(=O)N1CCCC1C1CCCN1Cc1ccccc1. The Morgan fingerprint density at radius 3 is 2.65 bits per heavy atom. The lowest BCUT2D eigenvalue weighted by atomic mass is 10.0. The topological polar surface area (TPSA) is 32.8 Å². The first-order chi connectivity index (χ1) is 11.3. The molecule has 0 radical (unpaired) electrons. The van der Waals surface area contributed by atoms with Crippen molar-refractivity contribution in [2.75, 3.05) is 26.8 Å². The molecule has 2 heterocycles. The van der Waals surface area contributed by atoms with Crippen molar-refractivity contribution in [3.8, 4) is 0 Å². The van der Waals surface area contributed by atoms with Gasteiger partial charge in [-0.05, 0) is 37.8 Å². The first-order valence-electron chi connectivity index (χ1n) is 8.86. The fourth-order valence-corrected chi connectivity index (χ4v) is 4.14. The van der Waals surface area contributed by atoms with Gasteiger partial charge >= 0.3 is 0 Å². The van der Waals surface area contributed by atoms with Gasteiger partial charge in [0.2, 0.25) is 5.91 Å². The number of benzene rings is 1. The quantitative estimate of drug-likeness (QED) is 0.809. The van der Waals surface area contributed by atoms with Crippen molar-refractivity contribution in [1.82, 2.24) is 9.80 Å². The minimum Gasteiger partial charge on any atom is -0.384 e. The van der Waals surface area contributed by atoms with E-state index in [1.807, 2.05) is 0 Å². The van der Waals surface area contributed by atoms with Crippen LogP contribution >= 0.6 is 0 Å². The summed E-state index contributed by atoms with van der Waals surface area (Å²) in [7, 11) is 1.66. The molecule has 0 bridgehead atoms. The summed E-state index contributed by atoms with van der Waals surface area (Å²) in [6.07, 6.45) is 5.26. The largest absolute Gasteiger partial charge is 0.384 e. The van der Waals surface area contributed by atoms with Crippen LogP contribution in [0.5, 0.6) is 0 Å². The normalized spacial score (nSPS) is 25.2. The number of methoxy groups -OCH3 is 1. The van der Waals surface area contributed by atoms with Gasteiger partial charge in [-0.3, -0.25) is 9.69 Å². The molecular formula is C19H28N2O2. The van der Waals surface area contributed by atoms with Crippen LogP contribution in [0.3, 0.4) is 0 Å². The van der Waals surface area contributed by atoms with Crippen molar-refractivity contribution in [1.29, 1.82) is 0 Å². The highest BCUT2D eigenvalue weighted by Gasteiger charge is 2.39. The smallest absolute Gasteiger partial charge is 0.225 e. The average molecular weight is 316 g/mol. The van der Waals surface area contributed by atoms with Gasteiger partial charge in [-0.2, -0.15) is 0 Å². The number of likely N-dealkylation sites (tertiary alicyclic amines) is 2. The third-order valence-corrected chi connectivity index (χ3v) is 5.23. The maximum absolute atomic E-state index is 12.5.